The molecule has 0 unspecified atom stereocenters. The van der Waals surface area contributed by atoms with Crippen LogP contribution >= 0.6 is 0 Å². The minimum absolute atomic E-state index is 0.195. The fraction of sp³-hybridized carbons (Fsp3) is 0.158. The smallest absolute Gasteiger partial charge is 0.226 e. The van der Waals surface area contributed by atoms with Gasteiger partial charge < -0.3 is 19.4 Å². The number of aromatic nitrogens is 2. The van der Waals surface area contributed by atoms with Gasteiger partial charge in [0, 0.05) is 7.05 Å². The number of phenolic OH excluding ortho intramolecular Hbond substituents is 1. The van der Waals surface area contributed by atoms with Crippen LogP contribution in [0.25, 0.3) is 0 Å². The van der Waals surface area contributed by atoms with E-state index in [0.717, 1.165) is 11.3 Å². The standard InChI is InChI=1S/C19H19N3O4/c1-13-18(12-20-24-3)19(22(2)21-13)26-17-10-8-16(9-11-17)25-15-6-4-14(23)5-7-15/h4-12,23H,1-3H3/b20-12-. The fourth-order valence-electron chi connectivity index (χ4n) is 2.37. The number of hydrogen-bond donors (Lipinski definition) is 1. The van der Waals surface area contributed by atoms with E-state index in [1.165, 1.54) is 7.11 Å². The number of hydrogen-bond acceptors (Lipinski definition) is 6. The molecule has 0 bridgehead atoms. The summed E-state index contributed by atoms with van der Waals surface area (Å²) in [5.74, 6) is 2.69. The van der Waals surface area contributed by atoms with Gasteiger partial charge >= 0.3 is 0 Å². The molecule has 1 heterocycles. The number of benzene rings is 2. The number of nitrogens with zero attached hydrogens (tertiary/aromatic N) is 3. The minimum Gasteiger partial charge on any atom is -0.508 e. The summed E-state index contributed by atoms with van der Waals surface area (Å²) in [5.41, 5.74) is 1.54. The Kier molecular flexibility index (Phi) is 5.07. The molecule has 0 spiro atoms. The molecule has 3 rings (SSSR count). The lowest BCUT2D eigenvalue weighted by Crippen LogP contribution is -1.97. The van der Waals surface area contributed by atoms with Crippen LogP contribution in [0.4, 0.5) is 0 Å². The molecule has 0 fully saturated rings. The van der Waals surface area contributed by atoms with Gasteiger partial charge in [0.15, 0.2) is 0 Å². The topological polar surface area (TPSA) is 78.1 Å². The van der Waals surface area contributed by atoms with Gasteiger partial charge in [0.05, 0.1) is 17.5 Å². The summed E-state index contributed by atoms with van der Waals surface area (Å²) in [7, 11) is 3.28. The van der Waals surface area contributed by atoms with E-state index in [-0.39, 0.29) is 5.75 Å². The summed E-state index contributed by atoms with van der Waals surface area (Å²) in [5, 5.41) is 17.4. The molecule has 3 aromatic rings. The van der Waals surface area contributed by atoms with Crippen LogP contribution in [0.3, 0.4) is 0 Å². The van der Waals surface area contributed by atoms with Gasteiger partial charge in [0.25, 0.3) is 0 Å². The molecule has 7 nitrogen and oxygen atoms in total. The van der Waals surface area contributed by atoms with Crippen molar-refractivity contribution in [1.82, 2.24) is 9.78 Å². The Morgan fingerprint density at radius 2 is 1.50 bits per heavy atom. The molecule has 0 saturated heterocycles. The number of ether oxygens (including phenoxy) is 2. The van der Waals surface area contributed by atoms with Crippen molar-refractivity contribution in [1.29, 1.82) is 0 Å². The quantitative estimate of drug-likeness (QED) is 0.535. The molecule has 0 saturated carbocycles. The van der Waals surface area contributed by atoms with E-state index in [0.29, 0.717) is 23.1 Å². The van der Waals surface area contributed by atoms with Gasteiger partial charge in [-0.05, 0) is 55.5 Å². The second-order valence-corrected chi connectivity index (χ2v) is 5.51. The maximum atomic E-state index is 9.30. The third-order valence-electron chi connectivity index (χ3n) is 3.61. The van der Waals surface area contributed by atoms with Crippen LogP contribution in [0.2, 0.25) is 0 Å². The summed E-state index contributed by atoms with van der Waals surface area (Å²) in [6, 6.07) is 13.7. The van der Waals surface area contributed by atoms with Crippen LogP contribution in [0.1, 0.15) is 11.3 Å². The van der Waals surface area contributed by atoms with Crippen molar-refractivity contribution in [3.8, 4) is 28.9 Å². The molecule has 1 aromatic heterocycles. The first-order chi connectivity index (χ1) is 12.6. The van der Waals surface area contributed by atoms with Gasteiger partial charge in [-0.1, -0.05) is 5.16 Å². The van der Waals surface area contributed by atoms with Gasteiger partial charge in [-0.15, -0.1) is 0 Å². The third-order valence-corrected chi connectivity index (χ3v) is 3.61. The highest BCUT2D eigenvalue weighted by molar-refractivity contribution is 5.84. The van der Waals surface area contributed by atoms with Crippen LogP contribution in [0, 0.1) is 6.92 Å². The van der Waals surface area contributed by atoms with Crippen molar-refractivity contribution in [3.05, 3.63) is 59.8 Å². The molecule has 7 heteroatoms. The zero-order valence-electron chi connectivity index (χ0n) is 14.7. The predicted molar refractivity (Wildman–Crippen MR) is 97.2 cm³/mol. The number of aromatic hydroxyl groups is 1. The second kappa shape index (κ2) is 7.60. The highest BCUT2D eigenvalue weighted by Crippen LogP contribution is 2.29. The number of phenols is 1. The molecule has 0 amide bonds. The summed E-state index contributed by atoms with van der Waals surface area (Å²) in [4.78, 5) is 4.74. The van der Waals surface area contributed by atoms with Crippen LogP contribution in [-0.4, -0.2) is 28.2 Å². The zero-order chi connectivity index (χ0) is 18.5. The van der Waals surface area contributed by atoms with Crippen LogP contribution in [0.15, 0.2) is 53.7 Å². The van der Waals surface area contributed by atoms with Gasteiger partial charge in [-0.2, -0.15) is 5.10 Å². The van der Waals surface area contributed by atoms with E-state index in [2.05, 4.69) is 10.3 Å². The number of rotatable bonds is 6. The van der Waals surface area contributed by atoms with Crippen LogP contribution in [-0.2, 0) is 11.9 Å². The Bertz CT molecular complexity index is 900. The van der Waals surface area contributed by atoms with Crippen molar-refractivity contribution in [3.63, 3.8) is 0 Å². The zero-order valence-corrected chi connectivity index (χ0v) is 14.7. The van der Waals surface area contributed by atoms with E-state index < -0.39 is 0 Å². The number of oxime groups is 1. The largest absolute Gasteiger partial charge is 0.508 e. The van der Waals surface area contributed by atoms with Gasteiger partial charge in [0.1, 0.15) is 30.1 Å². The first-order valence-corrected chi connectivity index (χ1v) is 7.91. The van der Waals surface area contributed by atoms with Gasteiger partial charge in [-0.3, -0.25) is 0 Å². The van der Waals surface area contributed by atoms with Crippen molar-refractivity contribution >= 4 is 6.21 Å². The number of aryl methyl sites for hydroxylation is 2. The van der Waals surface area contributed by atoms with E-state index >= 15 is 0 Å². The van der Waals surface area contributed by atoms with Crippen molar-refractivity contribution < 1.29 is 19.4 Å². The lowest BCUT2D eigenvalue weighted by Gasteiger charge is -2.09. The van der Waals surface area contributed by atoms with E-state index in [1.807, 2.05) is 6.92 Å². The SMILES string of the molecule is CO/N=C\c1c(C)nn(C)c1Oc1ccc(Oc2ccc(O)cc2)cc1. The monoisotopic (exact) mass is 353 g/mol. The van der Waals surface area contributed by atoms with Gasteiger partial charge in [0.2, 0.25) is 5.88 Å². The molecule has 0 aliphatic carbocycles. The lowest BCUT2D eigenvalue weighted by atomic mass is 10.2. The maximum absolute atomic E-state index is 9.30. The van der Waals surface area contributed by atoms with Crippen molar-refractivity contribution in [2.24, 2.45) is 12.2 Å². The van der Waals surface area contributed by atoms with Crippen molar-refractivity contribution in [2.45, 2.75) is 6.92 Å². The van der Waals surface area contributed by atoms with Crippen LogP contribution in [0.5, 0.6) is 28.9 Å². The van der Waals surface area contributed by atoms with E-state index in [1.54, 1.807) is 66.5 Å². The maximum Gasteiger partial charge on any atom is 0.226 e. The Balaban J connectivity index is 1.75. The molecule has 1 N–H and O–H groups in total. The molecule has 0 aliphatic heterocycles. The van der Waals surface area contributed by atoms with E-state index in [9.17, 15) is 5.11 Å². The second-order valence-electron chi connectivity index (χ2n) is 5.51. The van der Waals surface area contributed by atoms with Crippen LogP contribution < -0.4 is 9.47 Å². The lowest BCUT2D eigenvalue weighted by molar-refractivity contribution is 0.215. The highest BCUT2D eigenvalue weighted by Gasteiger charge is 2.14. The Hall–Kier alpha value is -3.48. The average Bonchev–Trinajstić information content (AvgIpc) is 2.90. The molecular formula is C19H19N3O4. The van der Waals surface area contributed by atoms with Gasteiger partial charge in [-0.25, -0.2) is 4.68 Å². The summed E-state index contributed by atoms with van der Waals surface area (Å²) >= 11 is 0. The van der Waals surface area contributed by atoms with Crippen molar-refractivity contribution in [2.75, 3.05) is 7.11 Å². The van der Waals surface area contributed by atoms with E-state index in [4.69, 9.17) is 14.3 Å². The summed E-state index contributed by atoms with van der Waals surface area (Å²) in [6.45, 7) is 1.87. The molecule has 0 radical (unpaired) electrons. The average molecular weight is 353 g/mol. The molecule has 0 aliphatic rings. The Morgan fingerprint density at radius 1 is 0.962 bits per heavy atom. The first-order valence-electron chi connectivity index (χ1n) is 7.91. The molecule has 134 valence electrons. The molecule has 2 aromatic carbocycles. The highest BCUT2D eigenvalue weighted by atomic mass is 16.6. The minimum atomic E-state index is 0.195. The first kappa shape index (κ1) is 17.3. The third kappa shape index (κ3) is 3.94. The predicted octanol–water partition coefficient (Wildman–Crippen LogP) is 4.00. The summed E-state index contributed by atoms with van der Waals surface area (Å²) < 4.78 is 13.3. The molecule has 0 atom stereocenters. The molecule has 26 heavy (non-hydrogen) atoms. The fourth-order valence-corrected chi connectivity index (χ4v) is 2.37. The summed E-state index contributed by atoms with van der Waals surface area (Å²) in [6.07, 6.45) is 1.57. The Labute approximate surface area is 151 Å². The Morgan fingerprint density at radius 3 is 2.08 bits per heavy atom. The normalized spacial score (nSPS) is 10.9. The molecular weight excluding hydrogens is 334 g/mol.